The number of hydrogen-bond acceptors (Lipinski definition) is 6. The predicted molar refractivity (Wildman–Crippen MR) is 91.0 cm³/mol. The van der Waals surface area contributed by atoms with Gasteiger partial charge in [0.1, 0.15) is 10.8 Å². The number of thioether (sulfide) groups is 1. The number of amides is 2. The lowest BCUT2D eigenvalue weighted by atomic mass is 10.3. The van der Waals surface area contributed by atoms with Crippen molar-refractivity contribution >= 4 is 35.2 Å². The topological polar surface area (TPSA) is 96.8 Å². The normalized spacial score (nSPS) is 16.9. The Kier molecular flexibility index (Phi) is 5.36. The van der Waals surface area contributed by atoms with Gasteiger partial charge in [0.2, 0.25) is 11.8 Å². The van der Waals surface area contributed by atoms with Crippen LogP contribution in [-0.4, -0.2) is 39.7 Å². The van der Waals surface area contributed by atoms with Crippen LogP contribution in [0.1, 0.15) is 16.8 Å². The lowest BCUT2D eigenvalue weighted by Crippen LogP contribution is -2.31. The van der Waals surface area contributed by atoms with Gasteiger partial charge in [-0.15, -0.1) is 0 Å². The minimum atomic E-state index is -2.98. The van der Waals surface area contributed by atoms with Crippen molar-refractivity contribution in [3.05, 3.63) is 48.2 Å². The molecule has 1 aromatic heterocycles. The molecule has 1 N–H and O–H groups in total. The van der Waals surface area contributed by atoms with Gasteiger partial charge in [-0.2, -0.15) is 8.78 Å². The number of carbonyl (C=O) groups excluding carboxylic acids is 2. The summed E-state index contributed by atoms with van der Waals surface area (Å²) in [7, 11) is 0. The average molecular weight is 394 g/mol. The quantitative estimate of drug-likeness (QED) is 0.753. The smallest absolute Gasteiger partial charge is 0.387 e. The zero-order chi connectivity index (χ0) is 19.6. The number of anilines is 1. The maximum Gasteiger partial charge on any atom is 0.387 e. The maximum atomic E-state index is 12.6. The Morgan fingerprint density at radius 3 is 2.59 bits per heavy atom. The van der Waals surface area contributed by atoms with E-state index >= 15 is 0 Å². The van der Waals surface area contributed by atoms with Crippen molar-refractivity contribution in [2.45, 2.75) is 23.3 Å². The van der Waals surface area contributed by atoms with Crippen molar-refractivity contribution in [2.24, 2.45) is 0 Å². The second-order valence-electron chi connectivity index (χ2n) is 5.41. The first-order valence-corrected chi connectivity index (χ1v) is 8.51. The predicted octanol–water partition coefficient (Wildman–Crippen LogP) is 2.81. The number of aromatic nitrogens is 1. The maximum absolute atomic E-state index is 12.6. The van der Waals surface area contributed by atoms with Gasteiger partial charge in [0.05, 0.1) is 16.5 Å². The Morgan fingerprint density at radius 2 is 1.96 bits per heavy atom. The summed E-state index contributed by atoms with van der Waals surface area (Å²) in [6.07, 6.45) is 1.27. The van der Waals surface area contributed by atoms with Crippen LogP contribution in [0, 0.1) is 0 Å². The molecule has 0 aliphatic carbocycles. The number of carbonyl (C=O) groups is 3. The molecule has 3 rings (SSSR count). The van der Waals surface area contributed by atoms with Crippen LogP contribution in [0.25, 0.3) is 0 Å². The van der Waals surface area contributed by atoms with E-state index in [9.17, 15) is 28.3 Å². The lowest BCUT2D eigenvalue weighted by Gasteiger charge is -2.15. The van der Waals surface area contributed by atoms with Gasteiger partial charge < -0.3 is 9.84 Å². The van der Waals surface area contributed by atoms with E-state index in [1.807, 2.05) is 0 Å². The molecule has 1 aliphatic heterocycles. The molecule has 0 bridgehead atoms. The van der Waals surface area contributed by atoms with E-state index in [-0.39, 0.29) is 28.4 Å². The van der Waals surface area contributed by atoms with Crippen molar-refractivity contribution in [1.29, 1.82) is 0 Å². The zero-order valence-corrected chi connectivity index (χ0v) is 14.4. The Morgan fingerprint density at radius 1 is 1.26 bits per heavy atom. The molecule has 1 fully saturated rings. The molecule has 1 saturated heterocycles. The Balaban J connectivity index is 1.78. The van der Waals surface area contributed by atoms with Crippen molar-refractivity contribution in [1.82, 2.24) is 4.98 Å². The highest BCUT2D eigenvalue weighted by Crippen LogP contribution is 2.35. The van der Waals surface area contributed by atoms with Gasteiger partial charge in [0, 0.05) is 12.6 Å². The third kappa shape index (κ3) is 4.05. The molecule has 10 heteroatoms. The molecule has 2 heterocycles. The van der Waals surface area contributed by atoms with Gasteiger partial charge in [-0.25, -0.2) is 14.7 Å². The SMILES string of the molecule is O=C(O)c1cccnc1S[C@H]1CC(=O)N(c2ccc(OC(F)F)cc2)C1=O. The second kappa shape index (κ2) is 7.70. The van der Waals surface area contributed by atoms with E-state index in [0.29, 0.717) is 0 Å². The number of benzene rings is 1. The molecule has 0 saturated carbocycles. The summed E-state index contributed by atoms with van der Waals surface area (Å²) >= 11 is 0.900. The summed E-state index contributed by atoms with van der Waals surface area (Å²) in [5.74, 6) is -2.30. The Labute approximate surface area is 155 Å². The minimum Gasteiger partial charge on any atom is -0.478 e. The van der Waals surface area contributed by atoms with Crippen LogP contribution in [-0.2, 0) is 9.59 Å². The second-order valence-corrected chi connectivity index (χ2v) is 6.60. The van der Waals surface area contributed by atoms with Crippen LogP contribution >= 0.6 is 11.8 Å². The van der Waals surface area contributed by atoms with E-state index in [2.05, 4.69) is 9.72 Å². The molecule has 0 spiro atoms. The monoisotopic (exact) mass is 394 g/mol. The highest BCUT2D eigenvalue weighted by atomic mass is 32.2. The molecular weight excluding hydrogens is 382 g/mol. The largest absolute Gasteiger partial charge is 0.478 e. The molecule has 7 nitrogen and oxygen atoms in total. The number of rotatable bonds is 6. The third-order valence-corrected chi connectivity index (χ3v) is 4.88. The first-order valence-electron chi connectivity index (χ1n) is 7.63. The van der Waals surface area contributed by atoms with Gasteiger partial charge >= 0.3 is 12.6 Å². The fourth-order valence-electron chi connectivity index (χ4n) is 2.53. The molecule has 140 valence electrons. The van der Waals surface area contributed by atoms with E-state index in [0.717, 1.165) is 16.7 Å². The van der Waals surface area contributed by atoms with Gasteiger partial charge in [-0.05, 0) is 36.4 Å². The number of aromatic carboxylic acids is 1. The molecule has 1 atom stereocenters. The van der Waals surface area contributed by atoms with Gasteiger partial charge in [0.25, 0.3) is 0 Å². The first kappa shape index (κ1) is 18.8. The Hall–Kier alpha value is -3.01. The summed E-state index contributed by atoms with van der Waals surface area (Å²) in [5, 5.41) is 8.50. The average Bonchev–Trinajstić information content (AvgIpc) is 2.89. The fraction of sp³-hybridized carbons (Fsp3) is 0.176. The van der Waals surface area contributed by atoms with Crippen LogP contribution < -0.4 is 9.64 Å². The van der Waals surface area contributed by atoms with Gasteiger partial charge in [0.15, 0.2) is 0 Å². The zero-order valence-electron chi connectivity index (χ0n) is 13.5. The molecule has 2 amide bonds. The van der Waals surface area contributed by atoms with Crippen LogP contribution in [0.15, 0.2) is 47.6 Å². The number of imide groups is 1. The molecule has 0 unspecified atom stereocenters. The van der Waals surface area contributed by atoms with Crippen molar-refractivity contribution < 1.29 is 33.0 Å². The molecule has 0 radical (unpaired) electrons. The summed E-state index contributed by atoms with van der Waals surface area (Å²) in [5.41, 5.74) is 0.156. The van der Waals surface area contributed by atoms with E-state index in [1.165, 1.54) is 42.6 Å². The summed E-state index contributed by atoms with van der Waals surface area (Å²) < 4.78 is 28.6. The lowest BCUT2D eigenvalue weighted by molar-refractivity contribution is -0.121. The molecule has 1 aliphatic rings. The summed E-state index contributed by atoms with van der Waals surface area (Å²) in [6.45, 7) is -2.98. The third-order valence-electron chi connectivity index (χ3n) is 3.68. The van der Waals surface area contributed by atoms with E-state index < -0.39 is 29.6 Å². The number of ether oxygens (including phenoxy) is 1. The standard InChI is InChI=1S/C17H12F2N2O5S/c18-17(19)26-10-5-3-9(4-6-10)21-13(22)8-12(15(21)23)27-14-11(16(24)25)2-1-7-20-14/h1-7,12,17H,8H2,(H,24,25)/t12-/m0/s1. The van der Waals surface area contributed by atoms with Crippen LogP contribution in [0.3, 0.4) is 0 Å². The van der Waals surface area contributed by atoms with E-state index in [4.69, 9.17) is 0 Å². The first-order chi connectivity index (χ1) is 12.9. The minimum absolute atomic E-state index is 0.0605. The van der Waals surface area contributed by atoms with Crippen LogP contribution in [0.4, 0.5) is 14.5 Å². The molecule has 27 heavy (non-hydrogen) atoms. The van der Waals surface area contributed by atoms with E-state index in [1.54, 1.807) is 0 Å². The Bertz CT molecular complexity index is 891. The highest BCUT2D eigenvalue weighted by molar-refractivity contribution is 8.00. The number of carboxylic acids is 1. The van der Waals surface area contributed by atoms with Gasteiger partial charge in [-0.3, -0.25) is 9.59 Å². The van der Waals surface area contributed by atoms with Crippen LogP contribution in [0.5, 0.6) is 5.75 Å². The molecule has 2 aromatic rings. The van der Waals surface area contributed by atoms with Crippen molar-refractivity contribution in [2.75, 3.05) is 4.90 Å². The number of hydrogen-bond donors (Lipinski definition) is 1. The number of alkyl halides is 2. The van der Waals surface area contributed by atoms with Crippen LogP contribution in [0.2, 0.25) is 0 Å². The molecule has 1 aromatic carbocycles. The number of nitrogens with zero attached hydrogens (tertiary/aromatic N) is 2. The van der Waals surface area contributed by atoms with Crippen molar-refractivity contribution in [3.8, 4) is 5.75 Å². The van der Waals surface area contributed by atoms with Crippen molar-refractivity contribution in [3.63, 3.8) is 0 Å². The number of halogens is 2. The summed E-state index contributed by atoms with van der Waals surface area (Å²) in [6, 6.07) is 7.92. The van der Waals surface area contributed by atoms with Gasteiger partial charge in [-0.1, -0.05) is 11.8 Å². The summed E-state index contributed by atoms with van der Waals surface area (Å²) in [4.78, 5) is 41.1. The number of carboxylic acid groups (broad SMARTS) is 1. The molecular formula is C17H12F2N2O5S. The highest BCUT2D eigenvalue weighted by Gasteiger charge is 2.40. The number of pyridine rings is 1. The fourth-order valence-corrected chi connectivity index (χ4v) is 3.63.